The molecule has 0 fully saturated rings. The molecule has 0 radical (unpaired) electrons. The van der Waals surface area contributed by atoms with E-state index in [2.05, 4.69) is 0 Å². The molecule has 88 valence electrons. The van der Waals surface area contributed by atoms with Crippen LogP contribution in [0.4, 0.5) is 8.78 Å². The Morgan fingerprint density at radius 3 is 2.41 bits per heavy atom. The summed E-state index contributed by atoms with van der Waals surface area (Å²) in [6.07, 6.45) is 0. The number of ketones is 1. The summed E-state index contributed by atoms with van der Waals surface area (Å²) in [4.78, 5) is 11.8. The summed E-state index contributed by atoms with van der Waals surface area (Å²) in [7, 11) is 0. The van der Waals surface area contributed by atoms with E-state index in [1.165, 1.54) is 13.0 Å². The number of aryl methyl sites for hydroxylation is 2. The lowest BCUT2D eigenvalue weighted by molar-refractivity contribution is 0.100. The first-order valence-electron chi connectivity index (χ1n) is 5.06. The highest BCUT2D eigenvalue weighted by Crippen LogP contribution is 2.19. The van der Waals surface area contributed by atoms with Crippen LogP contribution >= 0.6 is 0 Å². The van der Waals surface area contributed by atoms with E-state index >= 15 is 0 Å². The van der Waals surface area contributed by atoms with Gasteiger partial charge < -0.3 is 4.42 Å². The van der Waals surface area contributed by atoms with Gasteiger partial charge in [-0.15, -0.1) is 0 Å². The van der Waals surface area contributed by atoms with Gasteiger partial charge in [-0.05, 0) is 43.7 Å². The second-order valence-electron chi connectivity index (χ2n) is 3.82. The van der Waals surface area contributed by atoms with Gasteiger partial charge in [0.2, 0.25) is 5.78 Å². The molecule has 2 nitrogen and oxygen atoms in total. The molecule has 0 saturated heterocycles. The van der Waals surface area contributed by atoms with Crippen LogP contribution in [-0.4, -0.2) is 5.78 Å². The topological polar surface area (TPSA) is 30.2 Å². The van der Waals surface area contributed by atoms with Crippen molar-refractivity contribution in [3.63, 3.8) is 0 Å². The molecule has 0 bridgehead atoms. The molecule has 0 unspecified atom stereocenters. The second-order valence-corrected chi connectivity index (χ2v) is 3.82. The minimum atomic E-state index is -0.747. The van der Waals surface area contributed by atoms with Gasteiger partial charge in [0.05, 0.1) is 5.56 Å². The average molecular weight is 236 g/mol. The normalized spacial score (nSPS) is 10.6. The van der Waals surface area contributed by atoms with Gasteiger partial charge in [0.15, 0.2) is 5.76 Å². The molecule has 4 heteroatoms. The maximum absolute atomic E-state index is 13.5. The summed E-state index contributed by atoms with van der Waals surface area (Å²) in [5.74, 6) is -1.47. The molecule has 0 atom stereocenters. The Kier molecular flexibility index (Phi) is 2.79. The fourth-order valence-electron chi connectivity index (χ4n) is 1.51. The Bertz CT molecular complexity index is 585. The third-order valence-corrected chi connectivity index (χ3v) is 2.46. The van der Waals surface area contributed by atoms with Gasteiger partial charge in [0.1, 0.15) is 17.4 Å². The minimum Gasteiger partial charge on any atom is -0.458 e. The molecular weight excluding hydrogens is 226 g/mol. The maximum Gasteiger partial charge on any atom is 0.231 e. The number of carbonyl (C=O) groups excluding carboxylic acids is 1. The molecule has 0 spiro atoms. The van der Waals surface area contributed by atoms with Gasteiger partial charge in [-0.3, -0.25) is 4.79 Å². The van der Waals surface area contributed by atoms with Gasteiger partial charge >= 0.3 is 0 Å². The number of halogens is 2. The Balaban J connectivity index is 2.47. The molecule has 2 rings (SSSR count). The van der Waals surface area contributed by atoms with Gasteiger partial charge in [-0.1, -0.05) is 0 Å². The highest BCUT2D eigenvalue weighted by Gasteiger charge is 2.18. The molecule has 2 aromatic rings. The van der Waals surface area contributed by atoms with Crippen molar-refractivity contribution in [3.8, 4) is 0 Å². The van der Waals surface area contributed by atoms with E-state index in [1.807, 2.05) is 0 Å². The van der Waals surface area contributed by atoms with E-state index in [0.717, 1.165) is 12.1 Å². The number of hydrogen-bond donors (Lipinski definition) is 0. The van der Waals surface area contributed by atoms with Gasteiger partial charge in [0, 0.05) is 0 Å². The molecule has 1 aromatic carbocycles. The predicted molar refractivity (Wildman–Crippen MR) is 58.0 cm³/mol. The summed E-state index contributed by atoms with van der Waals surface area (Å²) in [5, 5.41) is 0. The Morgan fingerprint density at radius 1 is 1.12 bits per heavy atom. The molecule has 0 aliphatic carbocycles. The van der Waals surface area contributed by atoms with Crippen LogP contribution in [-0.2, 0) is 0 Å². The lowest BCUT2D eigenvalue weighted by Crippen LogP contribution is -2.04. The van der Waals surface area contributed by atoms with Gasteiger partial charge in [0.25, 0.3) is 0 Å². The number of rotatable bonds is 2. The predicted octanol–water partition coefficient (Wildman–Crippen LogP) is 3.41. The zero-order valence-electron chi connectivity index (χ0n) is 9.38. The van der Waals surface area contributed by atoms with E-state index in [0.29, 0.717) is 5.76 Å². The van der Waals surface area contributed by atoms with Crippen molar-refractivity contribution in [1.29, 1.82) is 0 Å². The van der Waals surface area contributed by atoms with Crippen LogP contribution < -0.4 is 0 Å². The average Bonchev–Trinajstić information content (AvgIpc) is 2.69. The van der Waals surface area contributed by atoms with Crippen LogP contribution in [0.25, 0.3) is 0 Å². The lowest BCUT2D eigenvalue weighted by Gasteiger charge is -2.02. The number of furan rings is 1. The first-order chi connectivity index (χ1) is 7.99. The summed E-state index contributed by atoms with van der Waals surface area (Å²) in [5.41, 5.74) is -0.155. The third-order valence-electron chi connectivity index (χ3n) is 2.46. The van der Waals surface area contributed by atoms with Crippen molar-refractivity contribution in [3.05, 3.63) is 58.5 Å². The van der Waals surface area contributed by atoms with E-state index in [9.17, 15) is 13.6 Å². The molecule has 0 N–H and O–H groups in total. The number of hydrogen-bond acceptors (Lipinski definition) is 2. The molecule has 0 aliphatic heterocycles. The van der Waals surface area contributed by atoms with E-state index < -0.39 is 17.4 Å². The van der Waals surface area contributed by atoms with Crippen LogP contribution in [0, 0.1) is 25.5 Å². The standard InChI is InChI=1S/C13H10F2O2/c1-7-5-11(15)9(6-10(7)14)13(16)12-4-3-8(2)17-12/h3-6H,1-2H3. The first kappa shape index (κ1) is 11.5. The molecule has 1 aromatic heterocycles. The van der Waals surface area contributed by atoms with Crippen LogP contribution in [0.5, 0.6) is 0 Å². The van der Waals surface area contributed by atoms with E-state index in [4.69, 9.17) is 4.42 Å². The summed E-state index contributed by atoms with van der Waals surface area (Å²) < 4.78 is 31.9. The summed E-state index contributed by atoms with van der Waals surface area (Å²) >= 11 is 0. The van der Waals surface area contributed by atoms with Crippen molar-refractivity contribution in [2.45, 2.75) is 13.8 Å². The van der Waals surface area contributed by atoms with E-state index in [1.54, 1.807) is 13.0 Å². The van der Waals surface area contributed by atoms with Crippen LogP contribution in [0.3, 0.4) is 0 Å². The van der Waals surface area contributed by atoms with Gasteiger partial charge in [-0.2, -0.15) is 0 Å². The largest absolute Gasteiger partial charge is 0.458 e. The highest BCUT2D eigenvalue weighted by atomic mass is 19.1. The zero-order chi connectivity index (χ0) is 12.6. The van der Waals surface area contributed by atoms with Crippen molar-refractivity contribution in [2.24, 2.45) is 0 Å². The van der Waals surface area contributed by atoms with E-state index in [-0.39, 0.29) is 16.9 Å². The lowest BCUT2D eigenvalue weighted by atomic mass is 10.1. The van der Waals surface area contributed by atoms with Crippen molar-refractivity contribution in [2.75, 3.05) is 0 Å². The molecule has 0 saturated carbocycles. The Labute approximate surface area is 96.9 Å². The monoisotopic (exact) mass is 236 g/mol. The summed E-state index contributed by atoms with van der Waals surface area (Å²) in [6, 6.07) is 4.92. The Morgan fingerprint density at radius 2 is 1.82 bits per heavy atom. The Hall–Kier alpha value is -1.97. The highest BCUT2D eigenvalue weighted by molar-refractivity contribution is 6.07. The van der Waals surface area contributed by atoms with Crippen molar-refractivity contribution < 1.29 is 18.0 Å². The number of carbonyl (C=O) groups is 1. The van der Waals surface area contributed by atoms with Crippen LogP contribution in [0.2, 0.25) is 0 Å². The van der Waals surface area contributed by atoms with Crippen molar-refractivity contribution >= 4 is 5.78 Å². The molecule has 1 heterocycles. The third kappa shape index (κ3) is 2.11. The quantitative estimate of drug-likeness (QED) is 0.748. The molecule has 17 heavy (non-hydrogen) atoms. The van der Waals surface area contributed by atoms with Crippen LogP contribution in [0.15, 0.2) is 28.7 Å². The van der Waals surface area contributed by atoms with Crippen molar-refractivity contribution in [1.82, 2.24) is 0 Å². The second kappa shape index (κ2) is 4.13. The minimum absolute atomic E-state index is 0.00431. The number of benzene rings is 1. The molecule has 0 aliphatic rings. The zero-order valence-corrected chi connectivity index (χ0v) is 9.38. The summed E-state index contributed by atoms with van der Waals surface area (Å²) in [6.45, 7) is 3.10. The SMILES string of the molecule is Cc1ccc(C(=O)c2cc(F)c(C)cc2F)o1. The van der Waals surface area contributed by atoms with Gasteiger partial charge in [-0.25, -0.2) is 8.78 Å². The molecular formula is C13H10F2O2. The maximum atomic E-state index is 13.5. The molecule has 0 amide bonds. The smallest absolute Gasteiger partial charge is 0.231 e. The fraction of sp³-hybridized carbons (Fsp3) is 0.154. The van der Waals surface area contributed by atoms with Crippen LogP contribution in [0.1, 0.15) is 27.4 Å². The fourth-order valence-corrected chi connectivity index (χ4v) is 1.51. The first-order valence-corrected chi connectivity index (χ1v) is 5.06.